The molecule has 0 bridgehead atoms. The molecule has 1 aromatic heterocycles. The third-order valence-corrected chi connectivity index (χ3v) is 5.53. The van der Waals surface area contributed by atoms with E-state index in [0.29, 0.717) is 23.6 Å². The number of aryl methyl sites for hydroxylation is 1. The lowest BCUT2D eigenvalue weighted by atomic mass is 9.92. The van der Waals surface area contributed by atoms with Crippen LogP contribution >= 0.6 is 0 Å². The maximum Gasteiger partial charge on any atom is 0.325 e. The minimum absolute atomic E-state index is 0.0866. The zero-order valence-electron chi connectivity index (χ0n) is 15.7. The van der Waals surface area contributed by atoms with Gasteiger partial charge < -0.3 is 14.6 Å². The van der Waals surface area contributed by atoms with Crippen LogP contribution in [-0.4, -0.2) is 34.1 Å². The number of imide groups is 1. The summed E-state index contributed by atoms with van der Waals surface area (Å²) in [6.07, 6.45) is 1.29. The van der Waals surface area contributed by atoms with Crippen molar-refractivity contribution < 1.29 is 18.8 Å². The van der Waals surface area contributed by atoms with Crippen LogP contribution in [0.3, 0.4) is 0 Å². The van der Waals surface area contributed by atoms with Crippen LogP contribution < -0.4 is 10.1 Å². The van der Waals surface area contributed by atoms with Crippen LogP contribution in [0.4, 0.5) is 4.79 Å². The number of fused-ring (bicyclic) bond motifs is 2. The van der Waals surface area contributed by atoms with E-state index in [0.717, 1.165) is 22.4 Å². The molecule has 2 heterocycles. The van der Waals surface area contributed by atoms with Crippen molar-refractivity contribution in [3.05, 3.63) is 65.5 Å². The van der Waals surface area contributed by atoms with Crippen molar-refractivity contribution in [2.45, 2.75) is 24.9 Å². The fourth-order valence-electron chi connectivity index (χ4n) is 4.13. The Morgan fingerprint density at radius 3 is 2.83 bits per heavy atom. The normalized spacial score (nSPS) is 20.2. The predicted molar refractivity (Wildman–Crippen MR) is 102 cm³/mol. The van der Waals surface area contributed by atoms with Crippen LogP contribution in [0.2, 0.25) is 0 Å². The van der Waals surface area contributed by atoms with E-state index in [9.17, 15) is 9.59 Å². The number of hydrogen-bond acceptors (Lipinski definition) is 6. The highest BCUT2D eigenvalue weighted by Crippen LogP contribution is 2.41. The first-order valence-electron chi connectivity index (χ1n) is 9.31. The molecule has 1 fully saturated rings. The van der Waals surface area contributed by atoms with Gasteiger partial charge in [-0.15, -0.1) is 0 Å². The zero-order valence-corrected chi connectivity index (χ0v) is 15.7. The molecule has 2 aromatic carbocycles. The molecule has 1 spiro atoms. The number of ether oxygens (including phenoxy) is 1. The van der Waals surface area contributed by atoms with Crippen LogP contribution in [-0.2, 0) is 23.3 Å². The second-order valence-electron chi connectivity index (χ2n) is 7.10. The Hall–Kier alpha value is -3.68. The summed E-state index contributed by atoms with van der Waals surface area (Å²) < 4.78 is 10.6. The number of amides is 3. The first-order valence-corrected chi connectivity index (χ1v) is 9.31. The van der Waals surface area contributed by atoms with E-state index in [-0.39, 0.29) is 18.3 Å². The zero-order chi connectivity index (χ0) is 20.0. The molecule has 1 aliphatic carbocycles. The molecule has 3 amide bonds. The summed E-state index contributed by atoms with van der Waals surface area (Å²) in [5, 5.41) is 6.87. The Kier molecular flexibility index (Phi) is 3.87. The number of benzene rings is 2. The summed E-state index contributed by atoms with van der Waals surface area (Å²) in [6.45, 7) is -0.0866. The largest absolute Gasteiger partial charge is 0.496 e. The molecule has 3 aromatic rings. The van der Waals surface area contributed by atoms with E-state index in [1.165, 1.54) is 0 Å². The molecule has 2 aliphatic rings. The fraction of sp³-hybridized carbons (Fsp3) is 0.238. The number of rotatable bonds is 4. The summed E-state index contributed by atoms with van der Waals surface area (Å²) in [7, 11) is 1.56. The highest BCUT2D eigenvalue weighted by Gasteiger charge is 2.55. The molecule has 1 aliphatic heterocycles. The summed E-state index contributed by atoms with van der Waals surface area (Å²) in [5.41, 5.74) is 1.61. The van der Waals surface area contributed by atoms with Crippen molar-refractivity contribution in [1.29, 1.82) is 0 Å². The van der Waals surface area contributed by atoms with Crippen LogP contribution in [0.25, 0.3) is 11.4 Å². The average Bonchev–Trinajstić information content (AvgIpc) is 3.43. The van der Waals surface area contributed by atoms with Crippen molar-refractivity contribution in [3.63, 3.8) is 0 Å². The number of aromatic nitrogens is 2. The summed E-state index contributed by atoms with van der Waals surface area (Å²) in [6, 6.07) is 14.5. The molecule has 8 nitrogen and oxygen atoms in total. The van der Waals surface area contributed by atoms with Gasteiger partial charge in [0.05, 0.1) is 12.7 Å². The first-order chi connectivity index (χ1) is 14.1. The van der Waals surface area contributed by atoms with Crippen molar-refractivity contribution >= 4 is 11.9 Å². The average molecular weight is 390 g/mol. The Labute approximate surface area is 166 Å². The van der Waals surface area contributed by atoms with Gasteiger partial charge in [-0.1, -0.05) is 41.6 Å². The predicted octanol–water partition coefficient (Wildman–Crippen LogP) is 2.64. The number of nitrogens with zero attached hydrogens (tertiary/aromatic N) is 3. The maximum absolute atomic E-state index is 13.2. The van der Waals surface area contributed by atoms with Crippen LogP contribution in [0.15, 0.2) is 53.1 Å². The second-order valence-corrected chi connectivity index (χ2v) is 7.10. The molecule has 1 N–H and O–H groups in total. The van der Waals surface area contributed by atoms with Gasteiger partial charge in [0.1, 0.15) is 17.8 Å². The monoisotopic (exact) mass is 390 g/mol. The highest BCUT2D eigenvalue weighted by atomic mass is 16.5. The molecule has 8 heteroatoms. The van der Waals surface area contributed by atoms with Gasteiger partial charge in [-0.05, 0) is 36.1 Å². The fourth-order valence-corrected chi connectivity index (χ4v) is 4.13. The standard InChI is InChI=1S/C21H18N4O4/c1-28-16-9-5-3-7-14(16)18-22-17(29-24-18)12-25-19(26)21(23-20(25)27)11-10-13-6-2-4-8-15(13)21/h2-9H,10-12H2,1H3,(H,23,27)/t21-/m1/s1. The van der Waals surface area contributed by atoms with Gasteiger partial charge >= 0.3 is 6.03 Å². The third kappa shape index (κ3) is 2.60. The van der Waals surface area contributed by atoms with E-state index < -0.39 is 11.6 Å². The molecule has 1 saturated heterocycles. The third-order valence-electron chi connectivity index (χ3n) is 5.53. The van der Waals surface area contributed by atoms with E-state index >= 15 is 0 Å². The number of urea groups is 1. The molecule has 0 saturated carbocycles. The highest BCUT2D eigenvalue weighted by molar-refractivity contribution is 6.08. The number of carbonyl (C=O) groups excluding carboxylic acids is 2. The number of para-hydroxylation sites is 1. The van der Waals surface area contributed by atoms with Crippen molar-refractivity contribution in [2.75, 3.05) is 7.11 Å². The Morgan fingerprint density at radius 2 is 1.97 bits per heavy atom. The minimum Gasteiger partial charge on any atom is -0.496 e. The van der Waals surface area contributed by atoms with E-state index in [2.05, 4.69) is 15.5 Å². The van der Waals surface area contributed by atoms with Gasteiger partial charge in [-0.3, -0.25) is 9.69 Å². The molecule has 146 valence electrons. The van der Waals surface area contributed by atoms with Gasteiger partial charge in [0.2, 0.25) is 11.7 Å². The smallest absolute Gasteiger partial charge is 0.325 e. The maximum atomic E-state index is 13.2. The van der Waals surface area contributed by atoms with Gasteiger partial charge in [-0.25, -0.2) is 4.79 Å². The first kappa shape index (κ1) is 17.4. The molecular weight excluding hydrogens is 372 g/mol. The van der Waals surface area contributed by atoms with Crippen molar-refractivity contribution in [3.8, 4) is 17.1 Å². The molecule has 5 rings (SSSR count). The molecule has 1 atom stereocenters. The summed E-state index contributed by atoms with van der Waals surface area (Å²) >= 11 is 0. The van der Waals surface area contributed by atoms with E-state index in [4.69, 9.17) is 9.26 Å². The number of hydrogen-bond donors (Lipinski definition) is 1. The Balaban J connectivity index is 1.42. The lowest BCUT2D eigenvalue weighted by Gasteiger charge is -2.21. The van der Waals surface area contributed by atoms with Gasteiger partial charge in [0.25, 0.3) is 5.91 Å². The molecule has 0 unspecified atom stereocenters. The van der Waals surface area contributed by atoms with Gasteiger partial charge in [0, 0.05) is 0 Å². The molecular formula is C21H18N4O4. The Morgan fingerprint density at radius 1 is 1.17 bits per heavy atom. The van der Waals surface area contributed by atoms with Crippen molar-refractivity contribution in [1.82, 2.24) is 20.4 Å². The quantitative estimate of drug-likeness (QED) is 0.688. The van der Waals surface area contributed by atoms with Crippen molar-refractivity contribution in [2.24, 2.45) is 0 Å². The summed E-state index contributed by atoms with van der Waals surface area (Å²) in [4.78, 5) is 31.3. The lowest BCUT2D eigenvalue weighted by molar-refractivity contribution is -0.132. The van der Waals surface area contributed by atoms with Crippen LogP contribution in [0.5, 0.6) is 5.75 Å². The minimum atomic E-state index is -1.00. The van der Waals surface area contributed by atoms with Crippen LogP contribution in [0.1, 0.15) is 23.4 Å². The van der Waals surface area contributed by atoms with E-state index in [1.807, 2.05) is 42.5 Å². The van der Waals surface area contributed by atoms with Gasteiger partial charge in [-0.2, -0.15) is 4.98 Å². The number of methoxy groups -OCH3 is 1. The number of nitrogens with one attached hydrogen (secondary N) is 1. The van der Waals surface area contributed by atoms with Gasteiger partial charge in [0.15, 0.2) is 0 Å². The van der Waals surface area contributed by atoms with Crippen LogP contribution in [0, 0.1) is 0 Å². The SMILES string of the molecule is COc1ccccc1-c1noc(CN2C(=O)N[C@@]3(CCc4ccccc43)C2=O)n1. The topological polar surface area (TPSA) is 97.6 Å². The number of carbonyl (C=O) groups is 2. The summed E-state index contributed by atoms with van der Waals surface area (Å²) in [5.74, 6) is 0.837. The lowest BCUT2D eigenvalue weighted by Crippen LogP contribution is -2.41. The van der Waals surface area contributed by atoms with E-state index in [1.54, 1.807) is 13.2 Å². The molecule has 29 heavy (non-hydrogen) atoms. The second kappa shape index (κ2) is 6.44. The molecule has 0 radical (unpaired) electrons. The Bertz CT molecular complexity index is 1130.